The lowest BCUT2D eigenvalue weighted by molar-refractivity contribution is 0.122. The van der Waals surface area contributed by atoms with Gasteiger partial charge in [0.15, 0.2) is 0 Å². The second-order valence-corrected chi connectivity index (χ2v) is 8.46. The fourth-order valence-electron chi connectivity index (χ4n) is 3.17. The summed E-state index contributed by atoms with van der Waals surface area (Å²) in [6, 6.07) is 5.12. The third-order valence-corrected chi connectivity index (χ3v) is 6.39. The van der Waals surface area contributed by atoms with Crippen LogP contribution in [0.25, 0.3) is 0 Å². The predicted molar refractivity (Wildman–Crippen MR) is 106 cm³/mol. The highest BCUT2D eigenvalue weighted by molar-refractivity contribution is 7.89. The highest BCUT2D eigenvalue weighted by Gasteiger charge is 2.20. The first-order valence-corrected chi connectivity index (χ1v) is 10.6. The molecule has 1 N–H and O–H groups in total. The third-order valence-electron chi connectivity index (χ3n) is 4.84. The Balaban J connectivity index is 1.79. The van der Waals surface area contributed by atoms with Gasteiger partial charge in [-0.25, -0.2) is 23.1 Å². The van der Waals surface area contributed by atoms with Crippen LogP contribution in [0.2, 0.25) is 0 Å². The van der Waals surface area contributed by atoms with Crippen molar-refractivity contribution in [2.24, 2.45) is 0 Å². The fourth-order valence-corrected chi connectivity index (χ4v) is 4.44. The van der Waals surface area contributed by atoms with Gasteiger partial charge >= 0.3 is 0 Å². The molecule has 2 aromatic rings. The molecule has 0 unspecified atom stereocenters. The van der Waals surface area contributed by atoms with E-state index in [4.69, 9.17) is 9.47 Å². The second-order valence-electron chi connectivity index (χ2n) is 6.72. The molecule has 3 rings (SSSR count). The highest BCUT2D eigenvalue weighted by atomic mass is 32.2. The molecule has 0 spiro atoms. The van der Waals surface area contributed by atoms with Crippen LogP contribution in [-0.2, 0) is 21.3 Å². The van der Waals surface area contributed by atoms with Crippen molar-refractivity contribution >= 4 is 15.8 Å². The Morgan fingerprint density at radius 3 is 2.54 bits per heavy atom. The summed E-state index contributed by atoms with van der Waals surface area (Å²) < 4.78 is 38.9. The number of methoxy groups -OCH3 is 1. The molecule has 1 aliphatic rings. The Labute approximate surface area is 166 Å². The van der Waals surface area contributed by atoms with Crippen molar-refractivity contribution in [2.75, 3.05) is 38.3 Å². The minimum absolute atomic E-state index is 0.0197. The summed E-state index contributed by atoms with van der Waals surface area (Å²) in [7, 11) is -2.14. The Morgan fingerprint density at radius 1 is 1.14 bits per heavy atom. The summed E-state index contributed by atoms with van der Waals surface area (Å²) in [6.45, 7) is 8.32. The Morgan fingerprint density at radius 2 is 1.86 bits per heavy atom. The molecule has 1 fully saturated rings. The summed E-state index contributed by atoms with van der Waals surface area (Å²) in [4.78, 5) is 11.3. The van der Waals surface area contributed by atoms with Gasteiger partial charge in [0.2, 0.25) is 10.0 Å². The molecule has 28 heavy (non-hydrogen) atoms. The topological polar surface area (TPSA) is 93.7 Å². The summed E-state index contributed by atoms with van der Waals surface area (Å²) in [5.74, 6) is 1.89. The van der Waals surface area contributed by atoms with E-state index in [1.165, 1.54) is 0 Å². The third kappa shape index (κ3) is 4.43. The molecule has 0 bridgehead atoms. The van der Waals surface area contributed by atoms with Gasteiger partial charge < -0.3 is 14.4 Å². The maximum absolute atomic E-state index is 12.8. The number of hydrogen-bond donors (Lipinski definition) is 1. The number of sulfonamides is 1. The number of anilines is 1. The van der Waals surface area contributed by atoms with Crippen LogP contribution in [0.15, 0.2) is 23.1 Å². The Bertz CT molecular complexity index is 957. The first-order chi connectivity index (χ1) is 13.3. The number of aromatic nitrogens is 2. The van der Waals surface area contributed by atoms with Gasteiger partial charge in [-0.3, -0.25) is 0 Å². The van der Waals surface area contributed by atoms with Crippen LogP contribution in [0.3, 0.4) is 0 Å². The van der Waals surface area contributed by atoms with Crippen molar-refractivity contribution in [3.63, 3.8) is 0 Å². The van der Waals surface area contributed by atoms with Crippen molar-refractivity contribution in [2.45, 2.75) is 32.2 Å². The number of ether oxygens (including phenoxy) is 2. The molecule has 0 saturated carbocycles. The molecule has 1 saturated heterocycles. The summed E-state index contributed by atoms with van der Waals surface area (Å²) in [5, 5.41) is 0. The molecule has 1 aromatic heterocycles. The average Bonchev–Trinajstić information content (AvgIpc) is 2.68. The van der Waals surface area contributed by atoms with Crippen LogP contribution in [-0.4, -0.2) is 51.8 Å². The summed E-state index contributed by atoms with van der Waals surface area (Å²) >= 11 is 0. The number of nitrogens with zero attached hydrogens (tertiary/aromatic N) is 3. The van der Waals surface area contributed by atoms with Crippen molar-refractivity contribution in [3.8, 4) is 5.75 Å². The van der Waals surface area contributed by atoms with Gasteiger partial charge in [0.1, 0.15) is 17.4 Å². The van der Waals surface area contributed by atoms with E-state index in [1.54, 1.807) is 26.2 Å². The zero-order chi connectivity index (χ0) is 20.3. The minimum Gasteiger partial charge on any atom is -0.496 e. The van der Waals surface area contributed by atoms with Gasteiger partial charge in [-0.2, -0.15) is 0 Å². The van der Waals surface area contributed by atoms with Gasteiger partial charge in [-0.1, -0.05) is 0 Å². The standard InChI is InChI=1S/C19H26N4O4S/c1-13-11-19(23-7-9-27-10-8-23)22-18(21-13)12-20-28(24,25)17-6-5-16(26-4)14(2)15(17)3/h5-6,11,20H,7-10,12H2,1-4H3. The Kier molecular flexibility index (Phi) is 6.17. The van der Waals surface area contributed by atoms with Gasteiger partial charge in [-0.05, 0) is 44.0 Å². The number of aryl methyl sites for hydroxylation is 1. The van der Waals surface area contributed by atoms with Crippen molar-refractivity contribution in [3.05, 3.63) is 40.8 Å². The van der Waals surface area contributed by atoms with Crippen molar-refractivity contribution < 1.29 is 17.9 Å². The van der Waals surface area contributed by atoms with Crippen LogP contribution in [0.1, 0.15) is 22.6 Å². The average molecular weight is 407 g/mol. The van der Waals surface area contributed by atoms with E-state index in [9.17, 15) is 8.42 Å². The Hall–Kier alpha value is -2.23. The van der Waals surface area contributed by atoms with Crippen LogP contribution in [0.5, 0.6) is 5.75 Å². The van der Waals surface area contributed by atoms with E-state index in [2.05, 4.69) is 19.6 Å². The van der Waals surface area contributed by atoms with Gasteiger partial charge in [-0.15, -0.1) is 0 Å². The zero-order valence-corrected chi connectivity index (χ0v) is 17.5. The molecule has 0 radical (unpaired) electrons. The molecular formula is C19H26N4O4S. The normalized spacial score (nSPS) is 14.9. The van der Waals surface area contributed by atoms with E-state index in [-0.39, 0.29) is 11.4 Å². The zero-order valence-electron chi connectivity index (χ0n) is 16.7. The predicted octanol–water partition coefficient (Wildman–Crippen LogP) is 1.73. The van der Waals surface area contributed by atoms with Crippen molar-refractivity contribution in [1.29, 1.82) is 0 Å². The van der Waals surface area contributed by atoms with E-state index in [1.807, 2.05) is 19.9 Å². The van der Waals surface area contributed by atoms with Gasteiger partial charge in [0.25, 0.3) is 0 Å². The quantitative estimate of drug-likeness (QED) is 0.781. The molecule has 0 aliphatic carbocycles. The number of hydrogen-bond acceptors (Lipinski definition) is 7. The second kappa shape index (κ2) is 8.42. The molecule has 1 aliphatic heterocycles. The molecule has 0 amide bonds. The molecular weight excluding hydrogens is 380 g/mol. The number of nitrogens with one attached hydrogen (secondary N) is 1. The lowest BCUT2D eigenvalue weighted by Crippen LogP contribution is -2.37. The lowest BCUT2D eigenvalue weighted by atomic mass is 10.1. The minimum atomic E-state index is -3.71. The van der Waals surface area contributed by atoms with E-state index in [0.717, 1.165) is 30.2 Å². The molecule has 8 nitrogen and oxygen atoms in total. The maximum Gasteiger partial charge on any atom is 0.241 e. The number of morpholine rings is 1. The van der Waals surface area contributed by atoms with Crippen LogP contribution in [0, 0.1) is 20.8 Å². The van der Waals surface area contributed by atoms with Gasteiger partial charge in [0.05, 0.1) is 31.8 Å². The molecule has 152 valence electrons. The van der Waals surface area contributed by atoms with Crippen LogP contribution < -0.4 is 14.4 Å². The fraction of sp³-hybridized carbons (Fsp3) is 0.474. The molecule has 2 heterocycles. The van der Waals surface area contributed by atoms with E-state index in [0.29, 0.717) is 30.4 Å². The monoisotopic (exact) mass is 406 g/mol. The van der Waals surface area contributed by atoms with Crippen LogP contribution in [0.4, 0.5) is 5.82 Å². The first kappa shape index (κ1) is 20.5. The van der Waals surface area contributed by atoms with E-state index < -0.39 is 10.0 Å². The molecule has 0 atom stereocenters. The maximum atomic E-state index is 12.8. The number of rotatable bonds is 6. The largest absolute Gasteiger partial charge is 0.496 e. The van der Waals surface area contributed by atoms with Crippen LogP contribution >= 0.6 is 0 Å². The highest BCUT2D eigenvalue weighted by Crippen LogP contribution is 2.26. The van der Waals surface area contributed by atoms with E-state index >= 15 is 0 Å². The smallest absolute Gasteiger partial charge is 0.241 e. The molecule has 9 heteroatoms. The van der Waals surface area contributed by atoms with Crippen molar-refractivity contribution in [1.82, 2.24) is 14.7 Å². The molecule has 1 aromatic carbocycles. The SMILES string of the molecule is COc1ccc(S(=O)(=O)NCc2nc(C)cc(N3CCOCC3)n2)c(C)c1C. The first-order valence-electron chi connectivity index (χ1n) is 9.13. The summed E-state index contributed by atoms with van der Waals surface area (Å²) in [5.41, 5.74) is 2.25. The lowest BCUT2D eigenvalue weighted by Gasteiger charge is -2.28. The van der Waals surface area contributed by atoms with Gasteiger partial charge in [0, 0.05) is 24.8 Å². The number of benzene rings is 1. The summed E-state index contributed by atoms with van der Waals surface area (Å²) in [6.07, 6.45) is 0.